The van der Waals surface area contributed by atoms with Gasteiger partial charge in [-0.15, -0.1) is 11.3 Å². The lowest BCUT2D eigenvalue weighted by Crippen LogP contribution is -2.29. The zero-order chi connectivity index (χ0) is 13.9. The van der Waals surface area contributed by atoms with Gasteiger partial charge in [0.1, 0.15) is 10.8 Å². The van der Waals surface area contributed by atoms with E-state index in [9.17, 15) is 0 Å². The van der Waals surface area contributed by atoms with E-state index in [-0.39, 0.29) is 12.1 Å². The summed E-state index contributed by atoms with van der Waals surface area (Å²) in [6.07, 6.45) is 3.85. The van der Waals surface area contributed by atoms with Crippen LogP contribution in [0.25, 0.3) is 0 Å². The lowest BCUT2D eigenvalue weighted by Gasteiger charge is -2.32. The van der Waals surface area contributed by atoms with Gasteiger partial charge in [-0.2, -0.15) is 0 Å². The summed E-state index contributed by atoms with van der Waals surface area (Å²) in [5, 5.41) is 7.36. The van der Waals surface area contributed by atoms with Gasteiger partial charge in [0, 0.05) is 34.6 Å². The second kappa shape index (κ2) is 6.12. The van der Waals surface area contributed by atoms with Gasteiger partial charge < -0.3 is 10.1 Å². The summed E-state index contributed by atoms with van der Waals surface area (Å²) in [5.41, 5.74) is 1.15. The minimum Gasteiger partial charge on any atom is -0.483 e. The molecule has 0 bridgehead atoms. The standard InChI is InChI=1S/C15H17ClN2OS/c1-2-5-17-12-9-14(15-18-6-7-20-15)19-13-4-3-10(16)8-11(12)13/h3-4,6-8,12,14,17H,2,5,9H2,1H3. The van der Waals surface area contributed by atoms with Crippen LogP contribution in [-0.4, -0.2) is 11.5 Å². The van der Waals surface area contributed by atoms with Crippen LogP contribution in [0, 0.1) is 0 Å². The molecule has 0 aliphatic carbocycles. The first-order valence-electron chi connectivity index (χ1n) is 6.86. The molecule has 2 unspecified atom stereocenters. The Morgan fingerprint density at radius 1 is 1.50 bits per heavy atom. The van der Waals surface area contributed by atoms with Gasteiger partial charge in [-0.05, 0) is 31.2 Å². The van der Waals surface area contributed by atoms with E-state index in [1.165, 1.54) is 0 Å². The van der Waals surface area contributed by atoms with E-state index in [0.29, 0.717) is 0 Å². The second-order valence-corrected chi connectivity index (χ2v) is 6.26. The number of hydrogen-bond donors (Lipinski definition) is 1. The molecule has 0 spiro atoms. The topological polar surface area (TPSA) is 34.2 Å². The smallest absolute Gasteiger partial charge is 0.152 e. The fourth-order valence-electron chi connectivity index (χ4n) is 2.50. The molecule has 5 heteroatoms. The SMILES string of the molecule is CCCNC1CC(c2nccs2)Oc2ccc(Cl)cc21. The summed E-state index contributed by atoms with van der Waals surface area (Å²) in [6.45, 7) is 3.16. The average molecular weight is 309 g/mol. The molecule has 2 heterocycles. The van der Waals surface area contributed by atoms with Crippen LogP contribution >= 0.6 is 22.9 Å². The Bertz CT molecular complexity index is 573. The number of aromatic nitrogens is 1. The Morgan fingerprint density at radius 2 is 2.40 bits per heavy atom. The summed E-state index contributed by atoms with van der Waals surface area (Å²) >= 11 is 7.76. The van der Waals surface area contributed by atoms with Crippen molar-refractivity contribution in [3.63, 3.8) is 0 Å². The molecule has 3 rings (SSSR count). The van der Waals surface area contributed by atoms with Gasteiger partial charge in [-0.25, -0.2) is 4.98 Å². The highest BCUT2D eigenvalue weighted by molar-refractivity contribution is 7.09. The van der Waals surface area contributed by atoms with E-state index in [2.05, 4.69) is 17.2 Å². The zero-order valence-corrected chi connectivity index (χ0v) is 12.9. The van der Waals surface area contributed by atoms with Crippen molar-refractivity contribution in [1.82, 2.24) is 10.3 Å². The molecule has 0 fully saturated rings. The van der Waals surface area contributed by atoms with E-state index in [4.69, 9.17) is 16.3 Å². The number of thiazole rings is 1. The third-order valence-electron chi connectivity index (χ3n) is 3.43. The highest BCUT2D eigenvalue weighted by Crippen LogP contribution is 2.42. The van der Waals surface area contributed by atoms with Gasteiger partial charge in [-0.3, -0.25) is 0 Å². The zero-order valence-electron chi connectivity index (χ0n) is 11.3. The van der Waals surface area contributed by atoms with Crippen molar-refractivity contribution in [3.05, 3.63) is 45.4 Å². The van der Waals surface area contributed by atoms with Crippen LogP contribution in [0.15, 0.2) is 29.8 Å². The number of fused-ring (bicyclic) bond motifs is 1. The van der Waals surface area contributed by atoms with Gasteiger partial charge in [-0.1, -0.05) is 18.5 Å². The predicted molar refractivity (Wildman–Crippen MR) is 82.6 cm³/mol. The quantitative estimate of drug-likeness (QED) is 0.911. The molecule has 106 valence electrons. The molecule has 1 aliphatic rings. The highest BCUT2D eigenvalue weighted by Gasteiger charge is 2.30. The number of nitrogens with zero attached hydrogens (tertiary/aromatic N) is 1. The van der Waals surface area contributed by atoms with E-state index in [0.717, 1.165) is 40.7 Å². The number of benzene rings is 1. The van der Waals surface area contributed by atoms with Gasteiger partial charge in [0.15, 0.2) is 6.10 Å². The van der Waals surface area contributed by atoms with Crippen molar-refractivity contribution in [2.24, 2.45) is 0 Å². The predicted octanol–water partition coefficient (Wildman–Crippen LogP) is 4.36. The number of rotatable bonds is 4. The molecule has 1 aliphatic heterocycles. The van der Waals surface area contributed by atoms with Crippen molar-refractivity contribution < 1.29 is 4.74 Å². The normalized spacial score (nSPS) is 21.3. The van der Waals surface area contributed by atoms with Crippen LogP contribution in [0.1, 0.15) is 42.5 Å². The van der Waals surface area contributed by atoms with Crippen molar-refractivity contribution in [3.8, 4) is 5.75 Å². The monoisotopic (exact) mass is 308 g/mol. The Morgan fingerprint density at radius 3 is 3.15 bits per heavy atom. The summed E-state index contributed by atoms with van der Waals surface area (Å²) in [6, 6.07) is 6.10. The molecule has 20 heavy (non-hydrogen) atoms. The van der Waals surface area contributed by atoms with Gasteiger partial charge >= 0.3 is 0 Å². The third-order valence-corrected chi connectivity index (χ3v) is 4.54. The van der Waals surface area contributed by atoms with Crippen LogP contribution in [0.2, 0.25) is 5.02 Å². The van der Waals surface area contributed by atoms with E-state index >= 15 is 0 Å². The maximum Gasteiger partial charge on any atom is 0.152 e. The third kappa shape index (κ3) is 2.82. The molecule has 0 radical (unpaired) electrons. The fraction of sp³-hybridized carbons (Fsp3) is 0.400. The number of halogens is 1. The molecule has 0 saturated carbocycles. The highest BCUT2D eigenvalue weighted by atomic mass is 35.5. The number of nitrogens with one attached hydrogen (secondary N) is 1. The van der Waals surface area contributed by atoms with Crippen molar-refractivity contribution in [2.45, 2.75) is 31.9 Å². The number of hydrogen-bond acceptors (Lipinski definition) is 4. The molecular formula is C15H17ClN2OS. The van der Waals surface area contributed by atoms with Gasteiger partial charge in [0.25, 0.3) is 0 Å². The fourth-order valence-corrected chi connectivity index (χ4v) is 3.36. The first-order chi connectivity index (χ1) is 9.78. The number of ether oxygens (including phenoxy) is 1. The molecular weight excluding hydrogens is 292 g/mol. The van der Waals surface area contributed by atoms with Gasteiger partial charge in [0.2, 0.25) is 0 Å². The largest absolute Gasteiger partial charge is 0.483 e. The summed E-state index contributed by atoms with van der Waals surface area (Å²) < 4.78 is 6.09. The van der Waals surface area contributed by atoms with Crippen molar-refractivity contribution >= 4 is 22.9 Å². The first-order valence-corrected chi connectivity index (χ1v) is 8.12. The molecule has 1 N–H and O–H groups in total. The van der Waals surface area contributed by atoms with Crippen molar-refractivity contribution in [2.75, 3.05) is 6.54 Å². The molecule has 2 atom stereocenters. The van der Waals surface area contributed by atoms with Crippen LogP contribution in [0.3, 0.4) is 0 Å². The van der Waals surface area contributed by atoms with Crippen LogP contribution < -0.4 is 10.1 Å². The van der Waals surface area contributed by atoms with E-state index in [1.807, 2.05) is 29.8 Å². The summed E-state index contributed by atoms with van der Waals surface area (Å²) in [7, 11) is 0. The van der Waals surface area contributed by atoms with Crippen LogP contribution in [0.4, 0.5) is 0 Å². The second-order valence-electron chi connectivity index (χ2n) is 4.90. The first kappa shape index (κ1) is 13.9. The maximum atomic E-state index is 6.12. The molecule has 1 aromatic carbocycles. The minimum atomic E-state index is 0.0260. The lowest BCUT2D eigenvalue weighted by atomic mass is 9.96. The summed E-state index contributed by atoms with van der Waals surface area (Å²) in [5.74, 6) is 0.912. The minimum absolute atomic E-state index is 0.0260. The van der Waals surface area contributed by atoms with Crippen LogP contribution in [-0.2, 0) is 0 Å². The van der Waals surface area contributed by atoms with E-state index < -0.39 is 0 Å². The average Bonchev–Trinajstić information content (AvgIpc) is 2.99. The van der Waals surface area contributed by atoms with E-state index in [1.54, 1.807) is 11.3 Å². The lowest BCUT2D eigenvalue weighted by molar-refractivity contribution is 0.151. The Kier molecular flexibility index (Phi) is 4.24. The molecule has 0 amide bonds. The molecule has 0 saturated heterocycles. The maximum absolute atomic E-state index is 6.12. The molecule has 1 aromatic heterocycles. The van der Waals surface area contributed by atoms with Gasteiger partial charge in [0.05, 0.1) is 0 Å². The molecule has 2 aromatic rings. The summed E-state index contributed by atoms with van der Waals surface area (Å²) in [4.78, 5) is 4.38. The van der Waals surface area contributed by atoms with Crippen LogP contribution in [0.5, 0.6) is 5.75 Å². The Balaban J connectivity index is 1.90. The molecule has 3 nitrogen and oxygen atoms in total. The Labute approximate surface area is 127 Å². The van der Waals surface area contributed by atoms with Crippen molar-refractivity contribution in [1.29, 1.82) is 0 Å². The Hall–Kier alpha value is -1.10.